The molecular formula is C14H16F3NO. The molecule has 2 aromatic rings. The van der Waals surface area contributed by atoms with Crippen molar-refractivity contribution in [2.45, 2.75) is 39.1 Å². The van der Waals surface area contributed by atoms with E-state index in [0.29, 0.717) is 16.5 Å². The summed E-state index contributed by atoms with van der Waals surface area (Å²) in [7, 11) is 0. The Bertz CT molecular complexity index is 596. The van der Waals surface area contributed by atoms with E-state index in [-0.39, 0.29) is 6.04 Å². The fraction of sp³-hybridized carbons (Fsp3) is 0.429. The number of benzene rings is 1. The number of aliphatic hydroxyl groups is 1. The molecule has 1 aromatic heterocycles. The quantitative estimate of drug-likeness (QED) is 0.865. The lowest BCUT2D eigenvalue weighted by Gasteiger charge is -2.10. The molecular weight excluding hydrogens is 255 g/mol. The molecule has 2 nitrogen and oxygen atoms in total. The maximum absolute atomic E-state index is 12.7. The van der Waals surface area contributed by atoms with Crippen LogP contribution in [0.2, 0.25) is 0 Å². The third-order valence-corrected chi connectivity index (χ3v) is 3.20. The van der Waals surface area contributed by atoms with Crippen molar-refractivity contribution in [3.8, 4) is 0 Å². The summed E-state index contributed by atoms with van der Waals surface area (Å²) in [6.07, 6.45) is -3.45. The van der Waals surface area contributed by atoms with Gasteiger partial charge in [-0.25, -0.2) is 0 Å². The molecule has 1 N–H and O–H groups in total. The molecule has 0 aliphatic carbocycles. The fourth-order valence-electron chi connectivity index (χ4n) is 2.22. The van der Waals surface area contributed by atoms with E-state index in [9.17, 15) is 18.3 Å². The Morgan fingerprint density at radius 3 is 2.26 bits per heavy atom. The summed E-state index contributed by atoms with van der Waals surface area (Å²) in [6, 6.07) is 3.76. The second-order valence-corrected chi connectivity index (χ2v) is 4.99. The lowest BCUT2D eigenvalue weighted by atomic mass is 10.1. The van der Waals surface area contributed by atoms with Crippen LogP contribution in [0.1, 0.15) is 44.0 Å². The van der Waals surface area contributed by atoms with Crippen molar-refractivity contribution in [1.29, 1.82) is 0 Å². The van der Waals surface area contributed by atoms with Gasteiger partial charge in [-0.05, 0) is 39.0 Å². The van der Waals surface area contributed by atoms with Crippen molar-refractivity contribution < 1.29 is 18.3 Å². The monoisotopic (exact) mass is 271 g/mol. The molecule has 0 bridgehead atoms. The minimum absolute atomic E-state index is 0.117. The topological polar surface area (TPSA) is 25.2 Å². The van der Waals surface area contributed by atoms with E-state index in [0.717, 1.165) is 12.1 Å². The number of rotatable bonds is 2. The van der Waals surface area contributed by atoms with Gasteiger partial charge in [-0.1, -0.05) is 0 Å². The van der Waals surface area contributed by atoms with Gasteiger partial charge in [0.15, 0.2) is 0 Å². The number of hydrogen-bond donors (Lipinski definition) is 1. The van der Waals surface area contributed by atoms with Crippen LogP contribution >= 0.6 is 0 Å². The lowest BCUT2D eigenvalue weighted by Crippen LogP contribution is -2.05. The van der Waals surface area contributed by atoms with Crippen LogP contribution in [0.3, 0.4) is 0 Å². The zero-order chi connectivity index (χ0) is 14.4. The molecule has 0 saturated heterocycles. The highest BCUT2D eigenvalue weighted by atomic mass is 19.4. The zero-order valence-corrected chi connectivity index (χ0v) is 11.0. The SMILES string of the molecule is CC(O)c1cn(C(C)C)c2ccc(C(F)(F)F)cc12. The average molecular weight is 271 g/mol. The largest absolute Gasteiger partial charge is 0.416 e. The van der Waals surface area contributed by atoms with Gasteiger partial charge in [0.1, 0.15) is 0 Å². The molecule has 5 heteroatoms. The zero-order valence-electron chi connectivity index (χ0n) is 11.0. The van der Waals surface area contributed by atoms with E-state index in [1.54, 1.807) is 13.1 Å². The summed E-state index contributed by atoms with van der Waals surface area (Å²) < 4.78 is 40.1. The van der Waals surface area contributed by atoms with Crippen LogP contribution in [0, 0.1) is 0 Å². The van der Waals surface area contributed by atoms with Gasteiger partial charge < -0.3 is 9.67 Å². The smallest absolute Gasteiger partial charge is 0.389 e. The van der Waals surface area contributed by atoms with Crippen LogP contribution in [0.15, 0.2) is 24.4 Å². The highest BCUT2D eigenvalue weighted by Crippen LogP contribution is 2.35. The van der Waals surface area contributed by atoms with Gasteiger partial charge in [-0.15, -0.1) is 0 Å². The average Bonchev–Trinajstić information content (AvgIpc) is 2.66. The van der Waals surface area contributed by atoms with Crippen LogP contribution in [0.25, 0.3) is 10.9 Å². The predicted octanol–water partition coefficient (Wildman–Crippen LogP) is 4.29. The first-order valence-electron chi connectivity index (χ1n) is 6.11. The second-order valence-electron chi connectivity index (χ2n) is 4.99. The van der Waals surface area contributed by atoms with Crippen molar-refractivity contribution in [3.63, 3.8) is 0 Å². The van der Waals surface area contributed by atoms with Gasteiger partial charge in [0, 0.05) is 28.7 Å². The van der Waals surface area contributed by atoms with E-state index < -0.39 is 17.8 Å². The number of aromatic nitrogens is 1. The van der Waals surface area contributed by atoms with Crippen molar-refractivity contribution in [3.05, 3.63) is 35.5 Å². The summed E-state index contributed by atoms with van der Waals surface area (Å²) in [5, 5.41) is 10.2. The summed E-state index contributed by atoms with van der Waals surface area (Å²) in [6.45, 7) is 5.45. The molecule has 0 radical (unpaired) electrons. The molecule has 1 heterocycles. The van der Waals surface area contributed by atoms with E-state index in [1.807, 2.05) is 18.4 Å². The number of halogens is 3. The van der Waals surface area contributed by atoms with Gasteiger partial charge in [0.2, 0.25) is 0 Å². The van der Waals surface area contributed by atoms with Crippen LogP contribution in [0.5, 0.6) is 0 Å². The van der Waals surface area contributed by atoms with Gasteiger partial charge in [-0.3, -0.25) is 0 Å². The van der Waals surface area contributed by atoms with Gasteiger partial charge in [-0.2, -0.15) is 13.2 Å². The third kappa shape index (κ3) is 2.47. The molecule has 0 saturated carbocycles. The third-order valence-electron chi connectivity index (χ3n) is 3.20. The minimum Gasteiger partial charge on any atom is -0.389 e. The molecule has 19 heavy (non-hydrogen) atoms. The summed E-state index contributed by atoms with van der Waals surface area (Å²) >= 11 is 0. The molecule has 0 aliphatic rings. The van der Waals surface area contributed by atoms with Crippen molar-refractivity contribution in [2.75, 3.05) is 0 Å². The van der Waals surface area contributed by atoms with Crippen molar-refractivity contribution >= 4 is 10.9 Å². The number of nitrogens with zero attached hydrogens (tertiary/aromatic N) is 1. The number of fused-ring (bicyclic) bond motifs is 1. The van der Waals surface area contributed by atoms with Gasteiger partial charge >= 0.3 is 6.18 Å². The van der Waals surface area contributed by atoms with Crippen molar-refractivity contribution in [2.24, 2.45) is 0 Å². The van der Waals surface area contributed by atoms with E-state index >= 15 is 0 Å². The first kappa shape index (κ1) is 13.9. The highest BCUT2D eigenvalue weighted by Gasteiger charge is 2.31. The van der Waals surface area contributed by atoms with E-state index in [1.165, 1.54) is 6.07 Å². The Kier molecular flexibility index (Phi) is 3.34. The number of aliphatic hydroxyl groups excluding tert-OH is 1. The summed E-state index contributed by atoms with van der Waals surface area (Å²) in [5.74, 6) is 0. The fourth-order valence-corrected chi connectivity index (χ4v) is 2.22. The van der Waals surface area contributed by atoms with Crippen LogP contribution in [-0.4, -0.2) is 9.67 Å². The summed E-state index contributed by atoms with van der Waals surface area (Å²) in [4.78, 5) is 0. The predicted molar refractivity (Wildman–Crippen MR) is 68.0 cm³/mol. The molecule has 104 valence electrons. The molecule has 2 rings (SSSR count). The minimum atomic E-state index is -4.37. The first-order valence-corrected chi connectivity index (χ1v) is 6.11. The molecule has 0 amide bonds. The number of alkyl halides is 3. The standard InChI is InChI=1S/C14H16F3NO/c1-8(2)18-7-12(9(3)19)11-6-10(14(15,16)17)4-5-13(11)18/h4-9,19H,1-3H3. The van der Waals surface area contributed by atoms with Crippen LogP contribution in [-0.2, 0) is 6.18 Å². The van der Waals surface area contributed by atoms with Crippen LogP contribution in [0.4, 0.5) is 13.2 Å². The highest BCUT2D eigenvalue weighted by molar-refractivity contribution is 5.85. The maximum atomic E-state index is 12.7. The Hall–Kier alpha value is -1.49. The van der Waals surface area contributed by atoms with Gasteiger partial charge in [0.25, 0.3) is 0 Å². The summed E-state index contributed by atoms with van der Waals surface area (Å²) in [5.41, 5.74) is 0.539. The Balaban J connectivity index is 2.73. The molecule has 0 aliphatic heterocycles. The van der Waals surface area contributed by atoms with E-state index in [4.69, 9.17) is 0 Å². The first-order chi connectivity index (χ1) is 8.71. The molecule has 1 atom stereocenters. The Morgan fingerprint density at radius 1 is 1.16 bits per heavy atom. The molecule has 0 spiro atoms. The molecule has 1 unspecified atom stereocenters. The maximum Gasteiger partial charge on any atom is 0.416 e. The van der Waals surface area contributed by atoms with Crippen LogP contribution < -0.4 is 0 Å². The number of hydrogen-bond acceptors (Lipinski definition) is 1. The lowest BCUT2D eigenvalue weighted by molar-refractivity contribution is -0.137. The Morgan fingerprint density at radius 2 is 1.79 bits per heavy atom. The second kappa shape index (κ2) is 4.56. The Labute approximate surface area is 109 Å². The normalized spacial score (nSPS) is 14.3. The van der Waals surface area contributed by atoms with Gasteiger partial charge in [0.05, 0.1) is 11.7 Å². The van der Waals surface area contributed by atoms with E-state index in [2.05, 4.69) is 0 Å². The van der Waals surface area contributed by atoms with Crippen molar-refractivity contribution in [1.82, 2.24) is 4.57 Å². The molecule has 1 aromatic carbocycles. The molecule has 0 fully saturated rings.